The largest absolute Gasteiger partial charge is 0.491 e. The van der Waals surface area contributed by atoms with Gasteiger partial charge in [0.1, 0.15) is 5.69 Å². The monoisotopic (exact) mass is 430 g/mol. The van der Waals surface area contributed by atoms with Crippen LogP contribution < -0.4 is 14.8 Å². The molecule has 1 atom stereocenters. The number of benzene rings is 2. The van der Waals surface area contributed by atoms with Crippen LogP contribution in [0, 0.1) is 17.5 Å². The van der Waals surface area contributed by atoms with Gasteiger partial charge in [0, 0.05) is 18.2 Å². The Morgan fingerprint density at radius 2 is 1.83 bits per heavy atom. The highest BCUT2D eigenvalue weighted by Gasteiger charge is 2.36. The van der Waals surface area contributed by atoms with Gasteiger partial charge in [0.15, 0.2) is 22.3 Å². The zero-order valence-corrected chi connectivity index (χ0v) is 16.0. The van der Waals surface area contributed by atoms with Gasteiger partial charge >= 0.3 is 0 Å². The molecular formula is C18H17F3N2O5S. The zero-order chi connectivity index (χ0) is 21.2. The smallest absolute Gasteiger partial charge is 0.255 e. The molecule has 0 spiro atoms. The summed E-state index contributed by atoms with van der Waals surface area (Å²) in [6.07, 6.45) is 0.290. The number of carbonyl (C=O) groups is 1. The molecule has 0 saturated carbocycles. The van der Waals surface area contributed by atoms with Crippen molar-refractivity contribution >= 4 is 21.6 Å². The number of rotatable bonds is 6. The predicted octanol–water partition coefficient (Wildman–Crippen LogP) is 2.43. The number of nitrogens with one attached hydrogen (secondary N) is 2. The lowest BCUT2D eigenvalue weighted by atomic mass is 10.2. The molecule has 1 heterocycles. The molecule has 1 fully saturated rings. The molecule has 2 N–H and O–H groups in total. The van der Waals surface area contributed by atoms with Crippen LogP contribution >= 0.6 is 0 Å². The maximum atomic E-state index is 15.1. The molecule has 2 aromatic rings. The van der Waals surface area contributed by atoms with E-state index in [4.69, 9.17) is 4.74 Å². The third-order valence-corrected chi connectivity index (χ3v) is 5.78. The van der Waals surface area contributed by atoms with Crippen molar-refractivity contribution in [3.05, 3.63) is 53.3 Å². The van der Waals surface area contributed by atoms with E-state index in [9.17, 15) is 22.0 Å². The fraction of sp³-hybridized carbons (Fsp3) is 0.278. The van der Waals surface area contributed by atoms with Crippen LogP contribution in [0.3, 0.4) is 0 Å². The first kappa shape index (κ1) is 21.1. The van der Waals surface area contributed by atoms with E-state index in [1.54, 1.807) is 6.07 Å². The Bertz CT molecular complexity index is 1030. The summed E-state index contributed by atoms with van der Waals surface area (Å²) in [6.45, 7) is 0.284. The second kappa shape index (κ2) is 8.39. The Morgan fingerprint density at radius 3 is 2.41 bits per heavy atom. The number of halogens is 3. The molecule has 0 aromatic heterocycles. The van der Waals surface area contributed by atoms with Crippen LogP contribution in [0.5, 0.6) is 5.75 Å². The second-order valence-corrected chi connectivity index (χ2v) is 7.83. The van der Waals surface area contributed by atoms with Crippen molar-refractivity contribution in [2.75, 3.05) is 25.6 Å². The van der Waals surface area contributed by atoms with E-state index >= 15 is 4.39 Å². The van der Waals surface area contributed by atoms with Crippen LogP contribution in [0.25, 0.3) is 0 Å². The van der Waals surface area contributed by atoms with Crippen LogP contribution in [-0.4, -0.2) is 40.7 Å². The van der Waals surface area contributed by atoms with Gasteiger partial charge in [-0.25, -0.2) is 21.9 Å². The summed E-state index contributed by atoms with van der Waals surface area (Å²) in [5.74, 6) is -7.22. The van der Waals surface area contributed by atoms with Gasteiger partial charge < -0.3 is 14.8 Å². The average Bonchev–Trinajstić information content (AvgIpc) is 3.19. The van der Waals surface area contributed by atoms with Crippen molar-refractivity contribution in [2.24, 2.45) is 0 Å². The number of ether oxygens (including phenoxy) is 2. The van der Waals surface area contributed by atoms with Crippen molar-refractivity contribution in [1.82, 2.24) is 4.72 Å². The normalized spacial score (nSPS) is 16.6. The van der Waals surface area contributed by atoms with E-state index in [1.165, 1.54) is 24.3 Å². The number of hydrogen-bond donors (Lipinski definition) is 2. The molecule has 1 amide bonds. The summed E-state index contributed by atoms with van der Waals surface area (Å²) in [5, 5.41) is 2.06. The molecule has 0 radical (unpaired) electrons. The van der Waals surface area contributed by atoms with Gasteiger partial charge in [-0.05, 0) is 18.6 Å². The fourth-order valence-electron chi connectivity index (χ4n) is 2.84. The van der Waals surface area contributed by atoms with Gasteiger partial charge in [-0.15, -0.1) is 0 Å². The summed E-state index contributed by atoms with van der Waals surface area (Å²) >= 11 is 0. The molecule has 0 bridgehead atoms. The van der Waals surface area contributed by atoms with E-state index in [1.807, 2.05) is 0 Å². The molecular weight excluding hydrogens is 413 g/mol. The number of hydrogen-bond acceptors (Lipinski definition) is 5. The molecule has 0 unspecified atom stereocenters. The van der Waals surface area contributed by atoms with Gasteiger partial charge in [-0.3, -0.25) is 4.79 Å². The lowest BCUT2D eigenvalue weighted by Gasteiger charge is -2.18. The Hall–Kier alpha value is -2.63. The third-order valence-electron chi connectivity index (χ3n) is 4.24. The Labute approximate surface area is 164 Å². The van der Waals surface area contributed by atoms with E-state index < -0.39 is 55.8 Å². The molecule has 7 nitrogen and oxygen atoms in total. The van der Waals surface area contributed by atoms with Crippen LogP contribution in [-0.2, 0) is 14.8 Å². The molecule has 1 aliphatic heterocycles. The standard InChI is InChI=1S/C18H17F3N2O5S/c1-27-16-12(19)13(20)17(29(25,26)23-11-7-8-28-9-11)14(21)15(16)22-18(24)10-5-3-2-4-6-10/h2-6,11,23H,7-9H2,1H3,(H,22,24)/t11-/m0/s1. The molecule has 1 aliphatic rings. The highest BCUT2D eigenvalue weighted by molar-refractivity contribution is 7.89. The van der Waals surface area contributed by atoms with Crippen molar-refractivity contribution < 1.29 is 35.9 Å². The van der Waals surface area contributed by atoms with Gasteiger partial charge in [0.25, 0.3) is 5.91 Å². The zero-order valence-electron chi connectivity index (χ0n) is 15.2. The minimum absolute atomic E-state index is 0.0126. The van der Waals surface area contributed by atoms with Crippen LogP contribution in [0.2, 0.25) is 0 Å². The molecule has 11 heteroatoms. The van der Waals surface area contributed by atoms with Crippen LogP contribution in [0.1, 0.15) is 16.8 Å². The molecule has 156 valence electrons. The quantitative estimate of drug-likeness (QED) is 0.687. The first-order valence-electron chi connectivity index (χ1n) is 8.47. The summed E-state index contributed by atoms with van der Waals surface area (Å²) in [7, 11) is -3.87. The first-order valence-corrected chi connectivity index (χ1v) is 9.95. The highest BCUT2D eigenvalue weighted by atomic mass is 32.2. The third kappa shape index (κ3) is 4.21. The molecule has 0 aliphatic carbocycles. The number of carbonyl (C=O) groups excluding carboxylic acids is 1. The summed E-state index contributed by atoms with van der Waals surface area (Å²) < 4.78 is 80.8. The van der Waals surface area contributed by atoms with E-state index in [-0.39, 0.29) is 18.8 Å². The van der Waals surface area contributed by atoms with Gasteiger partial charge in [0.05, 0.1) is 13.7 Å². The van der Waals surface area contributed by atoms with Gasteiger partial charge in [-0.2, -0.15) is 4.39 Å². The maximum absolute atomic E-state index is 15.1. The SMILES string of the molecule is COc1c(F)c(F)c(S(=O)(=O)N[C@H]2CCOC2)c(F)c1NC(=O)c1ccccc1. The summed E-state index contributed by atoms with van der Waals surface area (Å²) in [6, 6.07) is 6.80. The topological polar surface area (TPSA) is 93.7 Å². The number of sulfonamides is 1. The number of methoxy groups -OCH3 is 1. The highest BCUT2D eigenvalue weighted by Crippen LogP contribution is 2.38. The predicted molar refractivity (Wildman–Crippen MR) is 96.8 cm³/mol. The minimum atomic E-state index is -4.80. The van der Waals surface area contributed by atoms with Gasteiger partial charge in [0.2, 0.25) is 15.8 Å². The minimum Gasteiger partial charge on any atom is -0.491 e. The Morgan fingerprint density at radius 1 is 1.14 bits per heavy atom. The first-order chi connectivity index (χ1) is 13.8. The summed E-state index contributed by atoms with van der Waals surface area (Å²) in [5.41, 5.74) is -0.840. The molecule has 1 saturated heterocycles. The van der Waals surface area contributed by atoms with Crippen molar-refractivity contribution in [3.63, 3.8) is 0 Å². The van der Waals surface area contributed by atoms with Gasteiger partial charge in [-0.1, -0.05) is 18.2 Å². The lowest BCUT2D eigenvalue weighted by molar-refractivity contribution is 0.102. The molecule has 29 heavy (non-hydrogen) atoms. The van der Waals surface area contributed by atoms with Crippen LogP contribution in [0.15, 0.2) is 35.2 Å². The Balaban J connectivity index is 2.07. The Kier molecular flexibility index (Phi) is 6.10. The maximum Gasteiger partial charge on any atom is 0.255 e. The lowest BCUT2D eigenvalue weighted by Crippen LogP contribution is -2.36. The van der Waals surface area contributed by atoms with E-state index in [0.717, 1.165) is 7.11 Å². The summed E-state index contributed by atoms with van der Waals surface area (Å²) in [4.78, 5) is 10.8. The number of amides is 1. The van der Waals surface area contributed by atoms with Crippen molar-refractivity contribution in [2.45, 2.75) is 17.4 Å². The van der Waals surface area contributed by atoms with E-state index in [0.29, 0.717) is 6.42 Å². The molecule has 2 aromatic carbocycles. The number of anilines is 1. The van der Waals surface area contributed by atoms with Crippen molar-refractivity contribution in [3.8, 4) is 5.75 Å². The molecule has 3 rings (SSSR count). The fourth-order valence-corrected chi connectivity index (χ4v) is 4.25. The van der Waals surface area contributed by atoms with Crippen molar-refractivity contribution in [1.29, 1.82) is 0 Å². The average molecular weight is 430 g/mol. The van der Waals surface area contributed by atoms with E-state index in [2.05, 4.69) is 14.8 Å². The van der Waals surface area contributed by atoms with Crippen LogP contribution in [0.4, 0.5) is 18.9 Å². The second-order valence-electron chi connectivity index (χ2n) is 6.18.